The van der Waals surface area contributed by atoms with E-state index in [1.807, 2.05) is 59.5 Å². The van der Waals surface area contributed by atoms with E-state index in [1.54, 1.807) is 0 Å². The molecule has 0 amide bonds. The summed E-state index contributed by atoms with van der Waals surface area (Å²) in [6, 6.07) is 11.8. The van der Waals surface area contributed by atoms with Gasteiger partial charge >= 0.3 is 0 Å². The van der Waals surface area contributed by atoms with Crippen LogP contribution in [0.4, 0.5) is 0 Å². The molecular formula is C23H26N4O3S2. The van der Waals surface area contributed by atoms with Crippen LogP contribution in [-0.4, -0.2) is 50.8 Å². The van der Waals surface area contributed by atoms with Crippen molar-refractivity contribution in [1.82, 2.24) is 19.3 Å². The Morgan fingerprint density at radius 1 is 1.16 bits per heavy atom. The first-order chi connectivity index (χ1) is 15.3. The molecule has 1 saturated carbocycles. The number of nitrogens with zero attached hydrogens (tertiary/aromatic N) is 4. The SMILES string of the molecule is Cc1cc(C(=O)CSc2nc(C3CC3)n(-c3ccccc3)n2)c(C)n1[C@@H]1CCS(=O)(=O)C1. The van der Waals surface area contributed by atoms with E-state index in [1.165, 1.54) is 11.8 Å². The number of benzene rings is 1. The van der Waals surface area contributed by atoms with E-state index >= 15 is 0 Å². The molecule has 1 aliphatic carbocycles. The molecule has 32 heavy (non-hydrogen) atoms. The minimum absolute atomic E-state index is 0.0132. The van der Waals surface area contributed by atoms with Crippen LogP contribution in [-0.2, 0) is 9.84 Å². The fourth-order valence-electron chi connectivity index (χ4n) is 4.54. The van der Waals surface area contributed by atoms with E-state index in [0.29, 0.717) is 23.1 Å². The molecule has 3 heterocycles. The summed E-state index contributed by atoms with van der Waals surface area (Å²) < 4.78 is 27.8. The van der Waals surface area contributed by atoms with Gasteiger partial charge in [0, 0.05) is 28.9 Å². The highest BCUT2D eigenvalue weighted by Crippen LogP contribution is 2.40. The van der Waals surface area contributed by atoms with E-state index in [2.05, 4.69) is 5.10 Å². The van der Waals surface area contributed by atoms with E-state index in [9.17, 15) is 13.2 Å². The lowest BCUT2D eigenvalue weighted by Crippen LogP contribution is -2.14. The summed E-state index contributed by atoms with van der Waals surface area (Å²) in [5.41, 5.74) is 3.41. The smallest absolute Gasteiger partial charge is 0.209 e. The molecule has 3 aromatic rings. The van der Waals surface area contributed by atoms with Crippen molar-refractivity contribution < 1.29 is 13.2 Å². The zero-order valence-corrected chi connectivity index (χ0v) is 19.8. The lowest BCUT2D eigenvalue weighted by atomic mass is 10.2. The van der Waals surface area contributed by atoms with Crippen LogP contribution < -0.4 is 0 Å². The summed E-state index contributed by atoms with van der Waals surface area (Å²) in [6.45, 7) is 3.84. The molecule has 1 atom stereocenters. The molecule has 2 fully saturated rings. The minimum Gasteiger partial charge on any atom is -0.344 e. The van der Waals surface area contributed by atoms with Gasteiger partial charge in [-0.2, -0.15) is 0 Å². The van der Waals surface area contributed by atoms with Gasteiger partial charge in [0.1, 0.15) is 5.82 Å². The zero-order chi connectivity index (χ0) is 22.5. The number of rotatable bonds is 7. The number of carbonyl (C=O) groups is 1. The van der Waals surface area contributed by atoms with Crippen molar-refractivity contribution >= 4 is 27.4 Å². The first kappa shape index (κ1) is 21.5. The average Bonchev–Trinajstić information content (AvgIpc) is 3.32. The van der Waals surface area contributed by atoms with Crippen LogP contribution in [0.3, 0.4) is 0 Å². The Labute approximate surface area is 192 Å². The van der Waals surface area contributed by atoms with Gasteiger partial charge < -0.3 is 4.57 Å². The van der Waals surface area contributed by atoms with Gasteiger partial charge in [0.15, 0.2) is 15.6 Å². The number of aromatic nitrogens is 4. The number of hydrogen-bond donors (Lipinski definition) is 0. The van der Waals surface area contributed by atoms with Crippen molar-refractivity contribution in [2.75, 3.05) is 17.3 Å². The zero-order valence-electron chi connectivity index (χ0n) is 18.2. The molecule has 7 nitrogen and oxygen atoms in total. The second-order valence-electron chi connectivity index (χ2n) is 8.70. The summed E-state index contributed by atoms with van der Waals surface area (Å²) in [6.07, 6.45) is 2.85. The molecule has 2 aromatic heterocycles. The lowest BCUT2D eigenvalue weighted by Gasteiger charge is -2.16. The van der Waals surface area contributed by atoms with Crippen LogP contribution >= 0.6 is 11.8 Å². The summed E-state index contributed by atoms with van der Waals surface area (Å²) in [5, 5.41) is 5.29. The number of hydrogen-bond acceptors (Lipinski definition) is 6. The Kier molecular flexibility index (Phi) is 5.49. The second kappa shape index (κ2) is 8.19. The van der Waals surface area contributed by atoms with Crippen LogP contribution in [0.1, 0.15) is 58.8 Å². The van der Waals surface area contributed by atoms with Gasteiger partial charge in [-0.1, -0.05) is 30.0 Å². The maximum Gasteiger partial charge on any atom is 0.209 e. The number of sulfone groups is 1. The molecule has 0 unspecified atom stereocenters. The Balaban J connectivity index is 1.33. The molecule has 5 rings (SSSR count). The van der Waals surface area contributed by atoms with Crippen molar-refractivity contribution in [3.8, 4) is 5.69 Å². The van der Waals surface area contributed by atoms with Gasteiger partial charge in [0.25, 0.3) is 0 Å². The molecule has 1 aromatic carbocycles. The third-order valence-corrected chi connectivity index (χ3v) is 8.83. The topological polar surface area (TPSA) is 86.8 Å². The van der Waals surface area contributed by atoms with Crippen LogP contribution in [0.5, 0.6) is 0 Å². The number of ketones is 1. The van der Waals surface area contributed by atoms with E-state index in [0.717, 1.165) is 35.7 Å². The van der Waals surface area contributed by atoms with E-state index in [4.69, 9.17) is 4.98 Å². The highest BCUT2D eigenvalue weighted by atomic mass is 32.2. The molecule has 1 saturated heterocycles. The van der Waals surface area contributed by atoms with Crippen molar-refractivity contribution in [3.05, 3.63) is 59.2 Å². The Morgan fingerprint density at radius 2 is 1.91 bits per heavy atom. The fourth-order valence-corrected chi connectivity index (χ4v) is 6.95. The maximum absolute atomic E-state index is 13.0. The van der Waals surface area contributed by atoms with E-state index < -0.39 is 9.84 Å². The van der Waals surface area contributed by atoms with Crippen LogP contribution in [0.25, 0.3) is 5.69 Å². The van der Waals surface area contributed by atoms with Crippen molar-refractivity contribution in [3.63, 3.8) is 0 Å². The Bertz CT molecular complexity index is 1270. The number of Topliss-reactive ketones (excluding diaryl/α,β-unsaturated/α-hetero) is 1. The summed E-state index contributed by atoms with van der Waals surface area (Å²) >= 11 is 1.36. The quantitative estimate of drug-likeness (QED) is 0.385. The molecule has 168 valence electrons. The predicted molar refractivity (Wildman–Crippen MR) is 125 cm³/mol. The van der Waals surface area contributed by atoms with Crippen LogP contribution in [0.2, 0.25) is 0 Å². The monoisotopic (exact) mass is 470 g/mol. The molecule has 0 bridgehead atoms. The lowest BCUT2D eigenvalue weighted by molar-refractivity contribution is 0.102. The number of thioether (sulfide) groups is 1. The third kappa shape index (κ3) is 4.15. The first-order valence-corrected chi connectivity index (χ1v) is 13.7. The molecule has 2 aliphatic rings. The van der Waals surface area contributed by atoms with Crippen molar-refractivity contribution in [1.29, 1.82) is 0 Å². The van der Waals surface area contributed by atoms with E-state index in [-0.39, 0.29) is 29.1 Å². The normalized spacial score (nSPS) is 20.0. The Hall–Kier alpha value is -2.39. The first-order valence-electron chi connectivity index (χ1n) is 10.9. The Morgan fingerprint density at radius 3 is 2.56 bits per heavy atom. The largest absolute Gasteiger partial charge is 0.344 e. The summed E-state index contributed by atoms with van der Waals surface area (Å²) in [5.74, 6) is 2.03. The van der Waals surface area contributed by atoms with Gasteiger partial charge in [-0.15, -0.1) is 5.10 Å². The molecule has 1 aliphatic heterocycles. The van der Waals surface area contributed by atoms with Gasteiger partial charge in [-0.05, 0) is 51.3 Å². The fraction of sp³-hybridized carbons (Fsp3) is 0.435. The number of para-hydroxylation sites is 1. The van der Waals surface area contributed by atoms with Crippen molar-refractivity contribution in [2.24, 2.45) is 0 Å². The van der Waals surface area contributed by atoms with Gasteiger partial charge in [-0.3, -0.25) is 4.79 Å². The van der Waals surface area contributed by atoms with Crippen LogP contribution in [0, 0.1) is 13.8 Å². The molecule has 9 heteroatoms. The van der Waals surface area contributed by atoms with Gasteiger partial charge in [-0.25, -0.2) is 18.1 Å². The standard InChI is InChI=1S/C23H26N4O3S2/c1-15-12-20(16(2)26(15)19-10-11-32(29,30)14-19)21(28)13-31-23-24-22(17-8-9-17)27(25-23)18-6-4-3-5-7-18/h3-7,12,17,19H,8-11,13-14H2,1-2H3/t19-/m1/s1. The van der Waals surface area contributed by atoms with Crippen molar-refractivity contribution in [2.45, 2.75) is 50.2 Å². The highest BCUT2D eigenvalue weighted by molar-refractivity contribution is 7.99. The minimum atomic E-state index is -2.99. The van der Waals surface area contributed by atoms with Gasteiger partial charge in [0.2, 0.25) is 5.16 Å². The second-order valence-corrected chi connectivity index (χ2v) is 11.9. The highest BCUT2D eigenvalue weighted by Gasteiger charge is 2.32. The predicted octanol–water partition coefficient (Wildman–Crippen LogP) is 3.90. The molecule has 0 radical (unpaired) electrons. The van der Waals surface area contributed by atoms with Gasteiger partial charge in [0.05, 0.1) is 22.9 Å². The molecule has 0 N–H and O–H groups in total. The summed E-state index contributed by atoms with van der Waals surface area (Å²) in [7, 11) is -2.99. The molecule has 0 spiro atoms. The average molecular weight is 471 g/mol. The maximum atomic E-state index is 13.0. The van der Waals surface area contributed by atoms with Crippen LogP contribution in [0.15, 0.2) is 41.6 Å². The number of aryl methyl sites for hydroxylation is 1. The number of carbonyl (C=O) groups excluding carboxylic acids is 1. The molecular weight excluding hydrogens is 444 g/mol. The summed E-state index contributed by atoms with van der Waals surface area (Å²) in [4.78, 5) is 17.8. The third-order valence-electron chi connectivity index (χ3n) is 6.25.